The molecular formula is C15H15F3N4O3. The number of alkyl halides is 3. The highest BCUT2D eigenvalue weighted by atomic mass is 19.4. The number of carbonyl (C=O) groups is 1. The van der Waals surface area contributed by atoms with Gasteiger partial charge in [0.25, 0.3) is 0 Å². The Morgan fingerprint density at radius 2 is 2.12 bits per heavy atom. The summed E-state index contributed by atoms with van der Waals surface area (Å²) in [5, 5.41) is 9.79. The fourth-order valence-electron chi connectivity index (χ4n) is 2.83. The lowest BCUT2D eigenvalue weighted by Crippen LogP contribution is -2.49. The molecule has 0 atom stereocenters. The Balaban J connectivity index is 1.75. The number of anilines is 1. The molecule has 1 fully saturated rings. The molecule has 2 aromatic rings. The van der Waals surface area contributed by atoms with Gasteiger partial charge in [-0.2, -0.15) is 0 Å². The molecule has 10 heteroatoms. The number of amides is 1. The molecular weight excluding hydrogens is 341 g/mol. The van der Waals surface area contributed by atoms with Gasteiger partial charge in [-0.05, 0) is 30.5 Å². The van der Waals surface area contributed by atoms with Crippen molar-refractivity contribution >= 4 is 11.9 Å². The maximum Gasteiger partial charge on any atom is 0.573 e. The zero-order valence-corrected chi connectivity index (χ0v) is 13.0. The smallest absolute Gasteiger partial charge is 0.406 e. The number of nitrogens with two attached hydrogens (primary N) is 1. The van der Waals surface area contributed by atoms with Gasteiger partial charge in [0.15, 0.2) is 0 Å². The van der Waals surface area contributed by atoms with E-state index in [1.54, 1.807) is 6.07 Å². The molecule has 0 bridgehead atoms. The van der Waals surface area contributed by atoms with E-state index in [1.165, 1.54) is 18.2 Å². The molecule has 134 valence electrons. The third-order valence-corrected chi connectivity index (χ3v) is 4.14. The van der Waals surface area contributed by atoms with Gasteiger partial charge in [0.05, 0.1) is 12.0 Å². The van der Waals surface area contributed by atoms with Crippen molar-refractivity contribution in [2.75, 3.05) is 5.73 Å². The number of hydrogen-bond acceptors (Lipinski definition) is 6. The Morgan fingerprint density at radius 3 is 2.68 bits per heavy atom. The number of halogens is 3. The van der Waals surface area contributed by atoms with E-state index in [9.17, 15) is 18.0 Å². The molecule has 1 amide bonds. The molecule has 1 aromatic carbocycles. The van der Waals surface area contributed by atoms with Crippen molar-refractivity contribution < 1.29 is 27.1 Å². The van der Waals surface area contributed by atoms with E-state index in [0.29, 0.717) is 18.4 Å². The summed E-state index contributed by atoms with van der Waals surface area (Å²) in [6.45, 7) is -0.0104. The molecule has 3 N–H and O–H groups in total. The lowest BCUT2D eigenvalue weighted by molar-refractivity contribution is -0.274. The Kier molecular flexibility index (Phi) is 4.27. The minimum absolute atomic E-state index is 0.0104. The summed E-state index contributed by atoms with van der Waals surface area (Å²) in [4.78, 5) is 12.6. The number of carbonyl (C=O) groups excluding carboxylic acids is 1. The summed E-state index contributed by atoms with van der Waals surface area (Å²) in [5.41, 5.74) is 4.89. The minimum Gasteiger partial charge on any atom is -0.406 e. The van der Waals surface area contributed by atoms with Crippen molar-refractivity contribution in [1.82, 2.24) is 15.5 Å². The highest BCUT2D eigenvalue weighted by Gasteiger charge is 2.46. The lowest BCUT2D eigenvalue weighted by Gasteiger charge is -2.40. The Labute approximate surface area is 140 Å². The highest BCUT2D eigenvalue weighted by molar-refractivity contribution is 5.89. The zero-order valence-electron chi connectivity index (χ0n) is 13.0. The topological polar surface area (TPSA) is 103 Å². The van der Waals surface area contributed by atoms with Crippen molar-refractivity contribution in [1.29, 1.82) is 0 Å². The second-order valence-corrected chi connectivity index (χ2v) is 5.73. The van der Waals surface area contributed by atoms with E-state index < -0.39 is 11.8 Å². The number of rotatable bonds is 5. The molecule has 0 aliphatic heterocycles. The highest BCUT2D eigenvalue weighted by Crippen LogP contribution is 2.45. The third-order valence-electron chi connectivity index (χ3n) is 4.14. The quantitative estimate of drug-likeness (QED) is 0.852. The van der Waals surface area contributed by atoms with Crippen molar-refractivity contribution in [2.24, 2.45) is 0 Å². The van der Waals surface area contributed by atoms with Crippen LogP contribution in [0.25, 0.3) is 0 Å². The molecule has 3 rings (SSSR count). The Bertz CT molecular complexity index is 771. The first-order valence-electron chi connectivity index (χ1n) is 7.51. The second-order valence-electron chi connectivity index (χ2n) is 5.73. The van der Waals surface area contributed by atoms with Crippen LogP contribution in [0.1, 0.15) is 30.7 Å². The first kappa shape index (κ1) is 17.1. The van der Waals surface area contributed by atoms with Crippen LogP contribution in [0, 0.1) is 0 Å². The minimum atomic E-state index is -4.79. The van der Waals surface area contributed by atoms with Gasteiger partial charge in [-0.15, -0.1) is 18.3 Å². The maximum atomic E-state index is 12.6. The summed E-state index contributed by atoms with van der Waals surface area (Å²) in [7, 11) is 0. The van der Waals surface area contributed by atoms with Crippen LogP contribution < -0.4 is 15.8 Å². The van der Waals surface area contributed by atoms with Crippen LogP contribution in [-0.2, 0) is 16.8 Å². The fraction of sp³-hybridized carbons (Fsp3) is 0.400. The van der Waals surface area contributed by atoms with Crippen LogP contribution in [0.3, 0.4) is 0 Å². The predicted molar refractivity (Wildman–Crippen MR) is 79.2 cm³/mol. The lowest BCUT2D eigenvalue weighted by atomic mass is 9.63. The predicted octanol–water partition coefficient (Wildman–Crippen LogP) is 2.29. The number of nitrogen functional groups attached to an aromatic ring is 1. The van der Waals surface area contributed by atoms with Crippen LogP contribution in [0.2, 0.25) is 0 Å². The summed E-state index contributed by atoms with van der Waals surface area (Å²) >= 11 is 0. The average molecular weight is 356 g/mol. The standard InChI is InChI=1S/C15H15F3N4O3/c16-15(17,18)25-10-4-1-3-9(7-10)14(5-2-6-14)12(23)20-8-11-21-22-13(19)24-11/h1,3-4,7H,2,5-6,8H2,(H2,19,22)(H,20,23). The molecule has 1 saturated carbocycles. The number of ether oxygens (including phenoxy) is 1. The molecule has 7 nitrogen and oxygen atoms in total. The zero-order chi connectivity index (χ0) is 18.1. The third kappa shape index (κ3) is 3.67. The van der Waals surface area contributed by atoms with E-state index in [2.05, 4.69) is 20.3 Å². The SMILES string of the molecule is Nc1nnc(CNC(=O)C2(c3cccc(OC(F)(F)F)c3)CCC2)o1. The largest absolute Gasteiger partial charge is 0.573 e. The van der Waals surface area contributed by atoms with E-state index in [1.807, 2.05) is 0 Å². The number of nitrogens with one attached hydrogen (secondary N) is 1. The molecule has 25 heavy (non-hydrogen) atoms. The van der Waals surface area contributed by atoms with Crippen molar-refractivity contribution in [2.45, 2.75) is 37.6 Å². The van der Waals surface area contributed by atoms with E-state index in [4.69, 9.17) is 10.2 Å². The normalized spacial score (nSPS) is 16.1. The Hall–Kier alpha value is -2.78. The first-order chi connectivity index (χ1) is 11.8. The number of benzene rings is 1. The fourth-order valence-corrected chi connectivity index (χ4v) is 2.83. The monoisotopic (exact) mass is 356 g/mol. The summed E-state index contributed by atoms with van der Waals surface area (Å²) in [5.74, 6) is -0.525. The van der Waals surface area contributed by atoms with Gasteiger partial charge in [0, 0.05) is 0 Å². The molecule has 0 unspecified atom stereocenters. The van der Waals surface area contributed by atoms with Crippen molar-refractivity contribution in [3.63, 3.8) is 0 Å². The maximum absolute atomic E-state index is 12.6. The second kappa shape index (κ2) is 6.26. The van der Waals surface area contributed by atoms with Crippen LogP contribution >= 0.6 is 0 Å². The van der Waals surface area contributed by atoms with Gasteiger partial charge < -0.3 is 20.2 Å². The van der Waals surface area contributed by atoms with E-state index in [-0.39, 0.29) is 30.1 Å². The number of aromatic nitrogens is 2. The van der Waals surface area contributed by atoms with Crippen LogP contribution in [0.5, 0.6) is 5.75 Å². The molecule has 1 aliphatic rings. The van der Waals surface area contributed by atoms with Crippen molar-refractivity contribution in [3.05, 3.63) is 35.7 Å². The van der Waals surface area contributed by atoms with Gasteiger partial charge in [0.1, 0.15) is 5.75 Å². The molecule has 1 aliphatic carbocycles. The van der Waals surface area contributed by atoms with Crippen LogP contribution in [0.15, 0.2) is 28.7 Å². The molecule has 0 saturated heterocycles. The van der Waals surface area contributed by atoms with Crippen LogP contribution in [-0.4, -0.2) is 22.5 Å². The van der Waals surface area contributed by atoms with Crippen LogP contribution in [0.4, 0.5) is 19.2 Å². The molecule has 1 aromatic heterocycles. The molecule has 0 spiro atoms. The van der Waals surface area contributed by atoms with Gasteiger partial charge >= 0.3 is 12.4 Å². The average Bonchev–Trinajstić information content (AvgIpc) is 2.88. The van der Waals surface area contributed by atoms with Gasteiger partial charge in [0.2, 0.25) is 11.8 Å². The number of hydrogen-bond donors (Lipinski definition) is 2. The summed E-state index contributed by atoms with van der Waals surface area (Å²) in [6, 6.07) is 5.38. The Morgan fingerprint density at radius 1 is 1.36 bits per heavy atom. The van der Waals surface area contributed by atoms with Crippen molar-refractivity contribution in [3.8, 4) is 5.75 Å². The van der Waals surface area contributed by atoms with E-state index >= 15 is 0 Å². The van der Waals surface area contributed by atoms with Gasteiger partial charge in [-0.25, -0.2) is 0 Å². The molecule has 0 radical (unpaired) electrons. The van der Waals surface area contributed by atoms with Gasteiger partial charge in [-0.1, -0.05) is 23.7 Å². The first-order valence-corrected chi connectivity index (χ1v) is 7.51. The number of nitrogens with zero attached hydrogens (tertiary/aromatic N) is 2. The van der Waals surface area contributed by atoms with E-state index in [0.717, 1.165) is 6.42 Å². The molecule has 1 heterocycles. The summed E-state index contributed by atoms with van der Waals surface area (Å²) < 4.78 is 46.1. The van der Waals surface area contributed by atoms with Gasteiger partial charge in [-0.3, -0.25) is 4.79 Å². The summed E-state index contributed by atoms with van der Waals surface area (Å²) in [6.07, 6.45) is -2.93.